The van der Waals surface area contributed by atoms with Gasteiger partial charge >= 0.3 is 0 Å². The zero-order chi connectivity index (χ0) is 15.8. The molecule has 0 aliphatic carbocycles. The average Bonchev–Trinajstić information content (AvgIpc) is 2.42. The second kappa shape index (κ2) is 15.7. The lowest BCUT2D eigenvalue weighted by molar-refractivity contribution is 0.00000530. The molecule has 0 fully saturated rings. The number of likely N-dealkylation sites (N-methyl/N-ethyl adjacent to an activating group) is 1. The van der Waals surface area contributed by atoms with Crippen molar-refractivity contribution in [1.82, 2.24) is 4.90 Å². The molecule has 0 saturated heterocycles. The van der Waals surface area contributed by atoms with Gasteiger partial charge in [-0.15, -0.1) is 0 Å². The molecule has 0 bridgehead atoms. The van der Waals surface area contributed by atoms with E-state index in [2.05, 4.69) is 30.6 Å². The van der Waals surface area contributed by atoms with Crippen LogP contribution in [0.5, 0.6) is 0 Å². The van der Waals surface area contributed by atoms with Gasteiger partial charge in [0.1, 0.15) is 6.61 Å². The molecule has 0 heterocycles. The molecular formula is C16H31NO4. The lowest BCUT2D eigenvalue weighted by Crippen LogP contribution is -2.19. The third-order valence-electron chi connectivity index (χ3n) is 2.36. The predicted molar refractivity (Wildman–Crippen MR) is 84.4 cm³/mol. The van der Waals surface area contributed by atoms with Crippen molar-refractivity contribution in [1.29, 1.82) is 0 Å². The van der Waals surface area contributed by atoms with E-state index in [1.807, 2.05) is 14.1 Å². The van der Waals surface area contributed by atoms with Crippen LogP contribution in [0.2, 0.25) is 0 Å². The molecule has 0 N–H and O–H groups in total. The summed E-state index contributed by atoms with van der Waals surface area (Å²) in [6, 6.07) is 0. The second-order valence-electron chi connectivity index (χ2n) is 5.17. The molecule has 0 unspecified atom stereocenters. The maximum Gasteiger partial charge on any atom is 0.107 e. The Hall–Kier alpha value is -0.640. The summed E-state index contributed by atoms with van der Waals surface area (Å²) in [5.74, 6) is 6.40. The minimum Gasteiger partial charge on any atom is -0.378 e. The smallest absolute Gasteiger partial charge is 0.107 e. The SMILES string of the molecule is CC(C)C#CCOCCOCCOCCOCCN(C)C. The summed E-state index contributed by atoms with van der Waals surface area (Å²) in [5, 5.41) is 0. The summed E-state index contributed by atoms with van der Waals surface area (Å²) in [4.78, 5) is 2.09. The highest BCUT2D eigenvalue weighted by molar-refractivity contribution is 5.01. The first-order valence-corrected chi connectivity index (χ1v) is 7.57. The lowest BCUT2D eigenvalue weighted by Gasteiger charge is -2.10. The third-order valence-corrected chi connectivity index (χ3v) is 2.36. The molecule has 0 saturated carbocycles. The van der Waals surface area contributed by atoms with Crippen LogP contribution in [0.4, 0.5) is 0 Å². The summed E-state index contributed by atoms with van der Waals surface area (Å²) < 4.78 is 21.5. The monoisotopic (exact) mass is 301 g/mol. The Morgan fingerprint density at radius 3 is 1.71 bits per heavy atom. The topological polar surface area (TPSA) is 40.2 Å². The van der Waals surface area contributed by atoms with Crippen molar-refractivity contribution in [3.8, 4) is 11.8 Å². The molecule has 0 aromatic carbocycles. The molecule has 0 aliphatic heterocycles. The highest BCUT2D eigenvalue weighted by Crippen LogP contribution is 1.86. The van der Waals surface area contributed by atoms with Crippen LogP contribution in [0.25, 0.3) is 0 Å². The number of nitrogens with zero attached hydrogens (tertiary/aromatic N) is 1. The van der Waals surface area contributed by atoms with Crippen molar-refractivity contribution in [3.63, 3.8) is 0 Å². The Bertz CT molecular complexity index is 271. The molecule has 0 radical (unpaired) electrons. The van der Waals surface area contributed by atoms with Crippen molar-refractivity contribution in [2.45, 2.75) is 13.8 Å². The maximum absolute atomic E-state index is 5.40. The van der Waals surface area contributed by atoms with Gasteiger partial charge in [-0.2, -0.15) is 0 Å². The fraction of sp³-hybridized carbons (Fsp3) is 0.875. The van der Waals surface area contributed by atoms with E-state index in [-0.39, 0.29) is 0 Å². The van der Waals surface area contributed by atoms with Crippen molar-refractivity contribution in [2.24, 2.45) is 5.92 Å². The fourth-order valence-corrected chi connectivity index (χ4v) is 1.28. The molecule has 5 heteroatoms. The van der Waals surface area contributed by atoms with Gasteiger partial charge in [0.15, 0.2) is 0 Å². The minimum absolute atomic E-state index is 0.397. The van der Waals surface area contributed by atoms with E-state index in [0.717, 1.165) is 13.2 Å². The van der Waals surface area contributed by atoms with Gasteiger partial charge in [0.05, 0.1) is 46.2 Å². The van der Waals surface area contributed by atoms with E-state index in [1.165, 1.54) is 0 Å². The van der Waals surface area contributed by atoms with Crippen molar-refractivity contribution in [3.05, 3.63) is 0 Å². The summed E-state index contributed by atoms with van der Waals surface area (Å²) in [6.45, 7) is 9.82. The van der Waals surface area contributed by atoms with Crippen LogP contribution in [0.15, 0.2) is 0 Å². The summed E-state index contributed by atoms with van der Waals surface area (Å²) in [7, 11) is 4.05. The van der Waals surface area contributed by atoms with Crippen LogP contribution in [-0.4, -0.2) is 78.4 Å². The van der Waals surface area contributed by atoms with Crippen molar-refractivity contribution < 1.29 is 18.9 Å². The third kappa shape index (κ3) is 19.4. The molecule has 0 amide bonds. The van der Waals surface area contributed by atoms with E-state index >= 15 is 0 Å². The zero-order valence-electron chi connectivity index (χ0n) is 14.0. The van der Waals surface area contributed by atoms with Crippen molar-refractivity contribution in [2.75, 3.05) is 73.5 Å². The fourth-order valence-electron chi connectivity index (χ4n) is 1.28. The van der Waals surface area contributed by atoms with E-state index in [1.54, 1.807) is 0 Å². The molecule has 0 aromatic heterocycles. The highest BCUT2D eigenvalue weighted by Gasteiger charge is 1.93. The zero-order valence-corrected chi connectivity index (χ0v) is 14.0. The van der Waals surface area contributed by atoms with E-state index < -0.39 is 0 Å². The largest absolute Gasteiger partial charge is 0.378 e. The Morgan fingerprint density at radius 2 is 1.24 bits per heavy atom. The maximum atomic E-state index is 5.40. The number of rotatable bonds is 13. The van der Waals surface area contributed by atoms with Gasteiger partial charge < -0.3 is 23.8 Å². The normalized spacial score (nSPS) is 11.0. The van der Waals surface area contributed by atoms with Gasteiger partial charge in [-0.1, -0.05) is 25.7 Å². The summed E-state index contributed by atoms with van der Waals surface area (Å²) >= 11 is 0. The molecule has 0 aliphatic rings. The van der Waals surface area contributed by atoms with Crippen LogP contribution in [0, 0.1) is 17.8 Å². The molecule has 0 atom stereocenters. The highest BCUT2D eigenvalue weighted by atomic mass is 16.6. The van der Waals surface area contributed by atoms with Gasteiger partial charge in [-0.05, 0) is 14.1 Å². The average molecular weight is 301 g/mol. The molecule has 5 nitrogen and oxygen atoms in total. The van der Waals surface area contributed by atoms with Gasteiger partial charge in [0.2, 0.25) is 0 Å². The number of hydrogen-bond donors (Lipinski definition) is 0. The Labute approximate surface area is 129 Å². The molecule has 0 spiro atoms. The predicted octanol–water partition coefficient (Wildman–Crippen LogP) is 1.27. The number of hydrogen-bond acceptors (Lipinski definition) is 5. The van der Waals surface area contributed by atoms with Gasteiger partial charge in [-0.25, -0.2) is 0 Å². The van der Waals surface area contributed by atoms with Crippen LogP contribution in [0.3, 0.4) is 0 Å². The van der Waals surface area contributed by atoms with Gasteiger partial charge in [0.25, 0.3) is 0 Å². The Morgan fingerprint density at radius 1 is 0.762 bits per heavy atom. The lowest BCUT2D eigenvalue weighted by atomic mass is 10.2. The standard InChI is InChI=1S/C16H31NO4/c1-16(2)6-5-8-18-10-12-20-14-15-21-13-11-19-9-7-17(3)4/h16H,7-15H2,1-4H3. The minimum atomic E-state index is 0.397. The van der Waals surface area contributed by atoms with Crippen molar-refractivity contribution >= 4 is 0 Å². The molecule has 21 heavy (non-hydrogen) atoms. The van der Waals surface area contributed by atoms with Gasteiger partial charge in [0, 0.05) is 12.5 Å². The summed E-state index contributed by atoms with van der Waals surface area (Å²) in [5.41, 5.74) is 0. The first kappa shape index (κ1) is 20.4. The Kier molecular flexibility index (Phi) is 15.3. The summed E-state index contributed by atoms with van der Waals surface area (Å²) in [6.07, 6.45) is 0. The van der Waals surface area contributed by atoms with E-state index in [9.17, 15) is 0 Å². The van der Waals surface area contributed by atoms with Crippen LogP contribution < -0.4 is 0 Å². The Balaban J connectivity index is 3.05. The molecular weight excluding hydrogens is 270 g/mol. The van der Waals surface area contributed by atoms with Crippen LogP contribution in [0.1, 0.15) is 13.8 Å². The van der Waals surface area contributed by atoms with E-state index in [4.69, 9.17) is 18.9 Å². The van der Waals surface area contributed by atoms with Crippen LogP contribution in [-0.2, 0) is 18.9 Å². The first-order valence-electron chi connectivity index (χ1n) is 7.57. The quantitative estimate of drug-likeness (QED) is 0.378. The van der Waals surface area contributed by atoms with Gasteiger partial charge in [-0.3, -0.25) is 0 Å². The molecule has 0 aromatic rings. The molecule has 124 valence electrons. The first-order chi connectivity index (χ1) is 10.1. The number of ether oxygens (including phenoxy) is 4. The van der Waals surface area contributed by atoms with Crippen LogP contribution >= 0.6 is 0 Å². The molecule has 0 rings (SSSR count). The van der Waals surface area contributed by atoms with E-state index in [0.29, 0.717) is 52.2 Å². The second-order valence-corrected chi connectivity index (χ2v) is 5.17.